The number of pyridine rings is 1. The van der Waals surface area contributed by atoms with Crippen molar-refractivity contribution in [1.82, 2.24) is 9.88 Å². The lowest BCUT2D eigenvalue weighted by Gasteiger charge is -2.21. The highest BCUT2D eigenvalue weighted by Gasteiger charge is 2.16. The lowest BCUT2D eigenvalue weighted by Crippen LogP contribution is -2.32. The fraction of sp³-hybridized carbons (Fsp3) is 0.158. The molecule has 0 saturated heterocycles. The topological polar surface area (TPSA) is 53.2 Å². The molecule has 0 aliphatic carbocycles. The molecule has 4 nitrogen and oxygen atoms in total. The first-order chi connectivity index (χ1) is 11.6. The highest BCUT2D eigenvalue weighted by atomic mass is 35.5. The molecule has 24 heavy (non-hydrogen) atoms. The molecule has 1 N–H and O–H groups in total. The molecule has 0 saturated carbocycles. The molecular formula is C19H17ClN2O2. The van der Waals surface area contributed by atoms with Crippen molar-refractivity contribution in [1.29, 1.82) is 0 Å². The summed E-state index contributed by atoms with van der Waals surface area (Å²) in [6.45, 7) is 2.66. The summed E-state index contributed by atoms with van der Waals surface area (Å²) in [6, 6.07) is 16.2. The van der Waals surface area contributed by atoms with Crippen LogP contribution in [0.3, 0.4) is 0 Å². The summed E-state index contributed by atoms with van der Waals surface area (Å²) >= 11 is 5.87. The second kappa shape index (κ2) is 6.89. The number of nitrogens with one attached hydrogen (secondary N) is 1. The van der Waals surface area contributed by atoms with E-state index in [1.54, 1.807) is 29.2 Å². The molecule has 1 amide bonds. The van der Waals surface area contributed by atoms with Crippen LogP contribution in [-0.2, 0) is 6.54 Å². The molecule has 0 spiro atoms. The van der Waals surface area contributed by atoms with Gasteiger partial charge < -0.3 is 9.88 Å². The maximum Gasteiger partial charge on any atom is 0.254 e. The minimum atomic E-state index is -0.170. The molecule has 5 heteroatoms. The van der Waals surface area contributed by atoms with Gasteiger partial charge in [-0.15, -0.1) is 0 Å². The van der Waals surface area contributed by atoms with E-state index >= 15 is 0 Å². The van der Waals surface area contributed by atoms with Crippen molar-refractivity contribution >= 4 is 28.4 Å². The van der Waals surface area contributed by atoms with Crippen LogP contribution in [0.5, 0.6) is 0 Å². The largest absolute Gasteiger partial charge is 0.334 e. The Balaban J connectivity index is 1.90. The Bertz CT molecular complexity index is 932. The number of aromatic amines is 1. The van der Waals surface area contributed by atoms with Gasteiger partial charge in [-0.05, 0) is 48.7 Å². The zero-order valence-electron chi connectivity index (χ0n) is 13.3. The van der Waals surface area contributed by atoms with Gasteiger partial charge in [-0.25, -0.2) is 0 Å². The van der Waals surface area contributed by atoms with Crippen molar-refractivity contribution in [2.24, 2.45) is 0 Å². The number of rotatable bonds is 4. The van der Waals surface area contributed by atoms with Gasteiger partial charge >= 0.3 is 0 Å². The van der Waals surface area contributed by atoms with E-state index in [0.29, 0.717) is 22.7 Å². The van der Waals surface area contributed by atoms with Crippen LogP contribution in [0.1, 0.15) is 22.8 Å². The average molecular weight is 341 g/mol. The molecule has 1 heterocycles. The van der Waals surface area contributed by atoms with E-state index in [1.807, 2.05) is 37.3 Å². The van der Waals surface area contributed by atoms with Gasteiger partial charge in [0.2, 0.25) is 0 Å². The number of para-hydroxylation sites is 1. The Hall–Kier alpha value is -2.59. The van der Waals surface area contributed by atoms with Gasteiger partial charge in [-0.2, -0.15) is 0 Å². The van der Waals surface area contributed by atoms with Crippen LogP contribution < -0.4 is 5.56 Å². The monoisotopic (exact) mass is 340 g/mol. The van der Waals surface area contributed by atoms with Crippen LogP contribution in [0, 0.1) is 0 Å². The first-order valence-corrected chi connectivity index (χ1v) is 8.12. The van der Waals surface area contributed by atoms with E-state index < -0.39 is 0 Å². The predicted octanol–water partition coefficient (Wildman–Crippen LogP) is 3.84. The van der Waals surface area contributed by atoms with E-state index in [9.17, 15) is 9.59 Å². The van der Waals surface area contributed by atoms with Gasteiger partial charge in [0.1, 0.15) is 0 Å². The second-order valence-corrected chi connectivity index (χ2v) is 5.97. The fourth-order valence-corrected chi connectivity index (χ4v) is 2.74. The Labute approximate surface area is 144 Å². The maximum absolute atomic E-state index is 12.6. The van der Waals surface area contributed by atoms with E-state index in [0.717, 1.165) is 10.9 Å². The zero-order valence-corrected chi connectivity index (χ0v) is 14.0. The van der Waals surface area contributed by atoms with E-state index in [-0.39, 0.29) is 18.0 Å². The van der Waals surface area contributed by atoms with Gasteiger partial charge in [0.15, 0.2) is 0 Å². The number of hydrogen-bond acceptors (Lipinski definition) is 2. The number of H-pyrrole nitrogens is 1. The molecule has 0 radical (unpaired) electrons. The predicted molar refractivity (Wildman–Crippen MR) is 96.4 cm³/mol. The van der Waals surface area contributed by atoms with Gasteiger partial charge in [-0.3, -0.25) is 9.59 Å². The Morgan fingerprint density at radius 2 is 1.83 bits per heavy atom. The van der Waals surface area contributed by atoms with Crippen LogP contribution in [0.2, 0.25) is 5.02 Å². The van der Waals surface area contributed by atoms with Crippen LogP contribution in [0.25, 0.3) is 10.9 Å². The molecule has 122 valence electrons. The molecule has 0 fully saturated rings. The molecule has 0 atom stereocenters. The van der Waals surface area contributed by atoms with Crippen molar-refractivity contribution in [3.8, 4) is 0 Å². The molecular weight excluding hydrogens is 324 g/mol. The van der Waals surface area contributed by atoms with Crippen LogP contribution in [0.15, 0.2) is 59.4 Å². The number of carbonyl (C=O) groups excluding carboxylic acids is 1. The summed E-state index contributed by atoms with van der Waals surface area (Å²) in [4.78, 5) is 29.4. The van der Waals surface area contributed by atoms with Crippen molar-refractivity contribution in [3.05, 3.63) is 81.1 Å². The number of benzene rings is 2. The van der Waals surface area contributed by atoms with Gasteiger partial charge in [0, 0.05) is 28.2 Å². The Morgan fingerprint density at radius 1 is 1.12 bits per heavy atom. The third-order valence-corrected chi connectivity index (χ3v) is 4.20. The number of nitrogens with zero attached hydrogens (tertiary/aromatic N) is 1. The quantitative estimate of drug-likeness (QED) is 0.784. The number of amides is 1. The summed E-state index contributed by atoms with van der Waals surface area (Å²) in [5.74, 6) is -0.123. The molecule has 0 aliphatic rings. The maximum atomic E-state index is 12.6. The summed E-state index contributed by atoms with van der Waals surface area (Å²) in [5, 5.41) is 1.53. The number of carbonyl (C=O) groups is 1. The minimum Gasteiger partial charge on any atom is -0.334 e. The lowest BCUT2D eigenvalue weighted by molar-refractivity contribution is 0.0752. The van der Waals surface area contributed by atoms with Crippen molar-refractivity contribution in [3.63, 3.8) is 0 Å². The minimum absolute atomic E-state index is 0.123. The van der Waals surface area contributed by atoms with Crippen molar-refractivity contribution in [2.75, 3.05) is 6.54 Å². The average Bonchev–Trinajstić information content (AvgIpc) is 2.60. The number of aromatic nitrogens is 1. The second-order valence-electron chi connectivity index (χ2n) is 5.54. The highest BCUT2D eigenvalue weighted by Crippen LogP contribution is 2.15. The molecule has 2 aromatic carbocycles. The van der Waals surface area contributed by atoms with Gasteiger partial charge in [0.05, 0.1) is 6.54 Å². The Morgan fingerprint density at radius 3 is 2.54 bits per heavy atom. The Kier molecular flexibility index (Phi) is 4.67. The lowest BCUT2D eigenvalue weighted by atomic mass is 10.1. The standard InChI is InChI=1S/C19H17ClN2O2/c1-2-22(19(24)13-7-9-16(20)10-8-13)12-15-11-14-5-3-4-6-17(14)21-18(15)23/h3-11H,2,12H2,1H3,(H,21,23). The summed E-state index contributed by atoms with van der Waals surface area (Å²) in [7, 11) is 0. The fourth-order valence-electron chi connectivity index (χ4n) is 2.62. The third-order valence-electron chi connectivity index (χ3n) is 3.95. The van der Waals surface area contributed by atoms with E-state index in [1.165, 1.54) is 0 Å². The number of halogens is 1. The van der Waals surface area contributed by atoms with Crippen LogP contribution in [0.4, 0.5) is 0 Å². The summed E-state index contributed by atoms with van der Waals surface area (Å²) in [6.07, 6.45) is 0. The summed E-state index contributed by atoms with van der Waals surface area (Å²) < 4.78 is 0. The highest BCUT2D eigenvalue weighted by molar-refractivity contribution is 6.30. The number of hydrogen-bond donors (Lipinski definition) is 1. The molecule has 3 aromatic rings. The first-order valence-electron chi connectivity index (χ1n) is 7.74. The van der Waals surface area contributed by atoms with Crippen molar-refractivity contribution in [2.45, 2.75) is 13.5 Å². The van der Waals surface area contributed by atoms with Crippen LogP contribution in [-0.4, -0.2) is 22.3 Å². The molecule has 0 bridgehead atoms. The molecule has 3 rings (SSSR count). The van der Waals surface area contributed by atoms with E-state index in [2.05, 4.69) is 4.98 Å². The zero-order chi connectivity index (χ0) is 17.1. The number of fused-ring (bicyclic) bond motifs is 1. The third kappa shape index (κ3) is 3.34. The van der Waals surface area contributed by atoms with Gasteiger partial charge in [-0.1, -0.05) is 29.8 Å². The molecule has 1 aromatic heterocycles. The normalized spacial score (nSPS) is 10.8. The van der Waals surface area contributed by atoms with Crippen LogP contribution >= 0.6 is 11.6 Å². The molecule has 0 unspecified atom stereocenters. The smallest absolute Gasteiger partial charge is 0.254 e. The van der Waals surface area contributed by atoms with E-state index in [4.69, 9.17) is 11.6 Å². The van der Waals surface area contributed by atoms with Gasteiger partial charge in [0.25, 0.3) is 11.5 Å². The molecule has 0 aliphatic heterocycles. The SMILES string of the molecule is CCN(Cc1cc2ccccc2[nH]c1=O)C(=O)c1ccc(Cl)cc1. The first kappa shape index (κ1) is 16.3. The summed E-state index contributed by atoms with van der Waals surface area (Å²) in [5.41, 5.74) is 1.74. The van der Waals surface area contributed by atoms with Crippen molar-refractivity contribution < 1.29 is 4.79 Å².